The van der Waals surface area contributed by atoms with Crippen LogP contribution in [0.25, 0.3) is 0 Å². The van der Waals surface area contributed by atoms with Crippen LogP contribution in [-0.4, -0.2) is 42.4 Å². The minimum atomic E-state index is -1.01. The van der Waals surface area contributed by atoms with Gasteiger partial charge in [0.2, 0.25) is 0 Å². The van der Waals surface area contributed by atoms with Crippen molar-refractivity contribution in [2.75, 3.05) is 18.5 Å². The Morgan fingerprint density at radius 1 is 1.39 bits per heavy atom. The molecule has 1 saturated heterocycles. The van der Waals surface area contributed by atoms with Crippen LogP contribution < -0.4 is 5.32 Å². The van der Waals surface area contributed by atoms with Crippen molar-refractivity contribution in [3.05, 3.63) is 28.8 Å². The molecule has 0 saturated carbocycles. The van der Waals surface area contributed by atoms with E-state index in [0.717, 1.165) is 25.0 Å². The Balaban J connectivity index is 1.98. The van der Waals surface area contributed by atoms with Crippen molar-refractivity contribution in [3.63, 3.8) is 0 Å². The minimum Gasteiger partial charge on any atom is -0.478 e. The molecule has 1 amide bonds. The number of carboxylic acids is 1. The summed E-state index contributed by atoms with van der Waals surface area (Å²) in [6.45, 7) is 6.37. The molecule has 0 radical (unpaired) electrons. The number of carbonyl (C=O) groups is 2. The van der Waals surface area contributed by atoms with E-state index in [2.05, 4.69) is 5.32 Å². The second-order valence-electron chi connectivity index (χ2n) is 5.89. The van der Waals surface area contributed by atoms with Crippen molar-refractivity contribution >= 4 is 17.6 Å². The number of aryl methyl sites for hydroxylation is 2. The van der Waals surface area contributed by atoms with Crippen molar-refractivity contribution in [2.24, 2.45) is 0 Å². The molecule has 0 bridgehead atoms. The molecule has 1 fully saturated rings. The molecule has 0 aliphatic carbocycles. The summed E-state index contributed by atoms with van der Waals surface area (Å²) in [5.74, 6) is -1.31. The highest BCUT2D eigenvalue weighted by Crippen LogP contribution is 2.21. The van der Waals surface area contributed by atoms with Gasteiger partial charge in [0.15, 0.2) is 0 Å². The fourth-order valence-corrected chi connectivity index (χ4v) is 2.55. The first-order valence-corrected chi connectivity index (χ1v) is 7.77. The Hall–Kier alpha value is -1.92. The average molecular weight is 321 g/mol. The van der Waals surface area contributed by atoms with E-state index in [1.165, 1.54) is 6.07 Å². The normalized spacial score (nSPS) is 18.7. The van der Waals surface area contributed by atoms with E-state index < -0.39 is 12.1 Å². The van der Waals surface area contributed by atoms with E-state index in [1.54, 1.807) is 19.9 Å². The van der Waals surface area contributed by atoms with Gasteiger partial charge in [-0.25, -0.2) is 4.79 Å². The smallest absolute Gasteiger partial charge is 0.336 e. The van der Waals surface area contributed by atoms with Gasteiger partial charge < -0.3 is 19.9 Å². The molecule has 1 heterocycles. The predicted molar refractivity (Wildman–Crippen MR) is 85.9 cm³/mol. The van der Waals surface area contributed by atoms with Crippen LogP contribution in [0, 0.1) is 13.8 Å². The third-order valence-corrected chi connectivity index (χ3v) is 3.98. The largest absolute Gasteiger partial charge is 0.478 e. The molecule has 23 heavy (non-hydrogen) atoms. The Morgan fingerprint density at radius 3 is 2.74 bits per heavy atom. The van der Waals surface area contributed by atoms with E-state index in [9.17, 15) is 14.7 Å². The maximum absolute atomic E-state index is 12.2. The third kappa shape index (κ3) is 4.53. The van der Waals surface area contributed by atoms with E-state index in [-0.39, 0.29) is 17.6 Å². The molecule has 1 aliphatic heterocycles. The Labute approximate surface area is 135 Å². The van der Waals surface area contributed by atoms with Crippen molar-refractivity contribution in [1.82, 2.24) is 0 Å². The maximum Gasteiger partial charge on any atom is 0.336 e. The molecule has 2 rings (SSSR count). The molecular weight excluding hydrogens is 298 g/mol. The standard InChI is InChI=1S/C17H23NO5/c1-10-7-11(2)15(8-14(10)17(20)21)18-16(19)12(3)23-9-13-5-4-6-22-13/h7-8,12-13H,4-6,9H2,1-3H3,(H,18,19)(H,20,21). The zero-order valence-corrected chi connectivity index (χ0v) is 13.7. The Bertz CT molecular complexity index is 593. The molecule has 1 aromatic rings. The van der Waals surface area contributed by atoms with Gasteiger partial charge in [0.1, 0.15) is 6.10 Å². The molecule has 1 aliphatic rings. The van der Waals surface area contributed by atoms with Gasteiger partial charge in [-0.05, 0) is 50.8 Å². The lowest BCUT2D eigenvalue weighted by Gasteiger charge is -2.17. The molecule has 0 aromatic heterocycles. The lowest BCUT2D eigenvalue weighted by atomic mass is 10.0. The van der Waals surface area contributed by atoms with Gasteiger partial charge in [-0.15, -0.1) is 0 Å². The number of hydrogen-bond donors (Lipinski definition) is 2. The zero-order valence-electron chi connectivity index (χ0n) is 13.7. The Kier molecular flexibility index (Phi) is 5.74. The van der Waals surface area contributed by atoms with Crippen molar-refractivity contribution in [1.29, 1.82) is 0 Å². The summed E-state index contributed by atoms with van der Waals surface area (Å²) in [5.41, 5.74) is 2.15. The van der Waals surface area contributed by atoms with Crippen LogP contribution in [0.2, 0.25) is 0 Å². The fourth-order valence-electron chi connectivity index (χ4n) is 2.55. The fraction of sp³-hybridized carbons (Fsp3) is 0.529. The van der Waals surface area contributed by atoms with Crippen LogP contribution in [0.15, 0.2) is 12.1 Å². The number of benzene rings is 1. The second kappa shape index (κ2) is 7.57. The summed E-state index contributed by atoms with van der Waals surface area (Å²) in [4.78, 5) is 23.4. The molecule has 0 spiro atoms. The number of rotatable bonds is 6. The van der Waals surface area contributed by atoms with Gasteiger partial charge in [-0.3, -0.25) is 4.79 Å². The monoisotopic (exact) mass is 321 g/mol. The zero-order chi connectivity index (χ0) is 17.0. The number of carboxylic acid groups (broad SMARTS) is 1. The number of hydrogen-bond acceptors (Lipinski definition) is 4. The average Bonchev–Trinajstić information content (AvgIpc) is 3.00. The van der Waals surface area contributed by atoms with Gasteiger partial charge in [0.25, 0.3) is 5.91 Å². The number of aromatic carboxylic acids is 1. The molecular formula is C17H23NO5. The summed E-state index contributed by atoms with van der Waals surface area (Å²) in [7, 11) is 0. The van der Waals surface area contributed by atoms with Gasteiger partial charge in [-0.1, -0.05) is 6.07 Å². The number of amides is 1. The molecule has 2 atom stereocenters. The minimum absolute atomic E-state index is 0.0602. The summed E-state index contributed by atoms with van der Waals surface area (Å²) in [5, 5.41) is 11.9. The van der Waals surface area contributed by atoms with Gasteiger partial charge in [-0.2, -0.15) is 0 Å². The van der Waals surface area contributed by atoms with Gasteiger partial charge in [0, 0.05) is 12.3 Å². The summed E-state index contributed by atoms with van der Waals surface area (Å²) in [6, 6.07) is 3.23. The van der Waals surface area contributed by atoms with Crippen LogP contribution in [-0.2, 0) is 14.3 Å². The van der Waals surface area contributed by atoms with E-state index in [1.807, 2.05) is 6.92 Å². The number of anilines is 1. The first-order chi connectivity index (χ1) is 10.9. The van der Waals surface area contributed by atoms with E-state index >= 15 is 0 Å². The topological polar surface area (TPSA) is 84.9 Å². The summed E-state index contributed by atoms with van der Waals surface area (Å²) >= 11 is 0. The lowest BCUT2D eigenvalue weighted by molar-refractivity contribution is -0.128. The molecule has 6 nitrogen and oxygen atoms in total. The SMILES string of the molecule is Cc1cc(C)c(C(=O)O)cc1NC(=O)C(C)OCC1CCCO1. The van der Waals surface area contributed by atoms with E-state index in [0.29, 0.717) is 17.9 Å². The third-order valence-electron chi connectivity index (χ3n) is 3.98. The van der Waals surface area contributed by atoms with Gasteiger partial charge >= 0.3 is 5.97 Å². The van der Waals surface area contributed by atoms with Crippen molar-refractivity contribution in [2.45, 2.75) is 45.8 Å². The molecule has 2 N–H and O–H groups in total. The predicted octanol–water partition coefficient (Wildman–Crippen LogP) is 2.52. The summed E-state index contributed by atoms with van der Waals surface area (Å²) < 4.78 is 11.0. The highest BCUT2D eigenvalue weighted by molar-refractivity contribution is 5.97. The van der Waals surface area contributed by atoms with Crippen molar-refractivity contribution in [3.8, 4) is 0 Å². The number of carbonyl (C=O) groups excluding carboxylic acids is 1. The lowest BCUT2D eigenvalue weighted by Crippen LogP contribution is -2.30. The molecule has 126 valence electrons. The summed E-state index contributed by atoms with van der Waals surface area (Å²) in [6.07, 6.45) is 1.40. The quantitative estimate of drug-likeness (QED) is 0.841. The van der Waals surface area contributed by atoms with Crippen LogP contribution in [0.1, 0.15) is 41.3 Å². The highest BCUT2D eigenvalue weighted by atomic mass is 16.5. The maximum atomic E-state index is 12.2. The van der Waals surface area contributed by atoms with E-state index in [4.69, 9.17) is 9.47 Å². The second-order valence-corrected chi connectivity index (χ2v) is 5.89. The van der Waals surface area contributed by atoms with Crippen molar-refractivity contribution < 1.29 is 24.2 Å². The van der Waals surface area contributed by atoms with Crippen LogP contribution in [0.5, 0.6) is 0 Å². The number of nitrogens with one attached hydrogen (secondary N) is 1. The molecule has 2 unspecified atom stereocenters. The Morgan fingerprint density at radius 2 is 2.13 bits per heavy atom. The molecule has 6 heteroatoms. The first-order valence-electron chi connectivity index (χ1n) is 7.77. The number of ether oxygens (including phenoxy) is 2. The van der Waals surface area contributed by atoms with Crippen LogP contribution in [0.3, 0.4) is 0 Å². The van der Waals surface area contributed by atoms with Gasteiger partial charge in [0.05, 0.1) is 18.3 Å². The van der Waals surface area contributed by atoms with Crippen LogP contribution >= 0.6 is 0 Å². The first kappa shape index (κ1) is 17.4. The molecule has 1 aromatic carbocycles. The van der Waals surface area contributed by atoms with Crippen LogP contribution in [0.4, 0.5) is 5.69 Å². The highest BCUT2D eigenvalue weighted by Gasteiger charge is 2.21.